The van der Waals surface area contributed by atoms with Crippen molar-refractivity contribution in [2.45, 2.75) is 97.4 Å². The molecule has 1 aromatic carbocycles. The number of carbonyl (C=O) groups excluding carboxylic acids is 5. The highest BCUT2D eigenvalue weighted by Crippen LogP contribution is 2.44. The molecule has 3 atom stereocenters. The minimum Gasteiger partial charge on any atom is -0.473 e. The molecule has 0 aliphatic carbocycles. The molecule has 4 amide bonds. The molecule has 1 saturated heterocycles. The number of nitrogens with zero attached hydrogens (tertiary/aromatic N) is 3. The van der Waals surface area contributed by atoms with E-state index in [1.54, 1.807) is 27.7 Å². The van der Waals surface area contributed by atoms with E-state index in [4.69, 9.17) is 18.9 Å². The van der Waals surface area contributed by atoms with Crippen molar-refractivity contribution >= 4 is 35.5 Å². The molecule has 16 heteroatoms. The zero-order valence-corrected chi connectivity index (χ0v) is 28.4. The van der Waals surface area contributed by atoms with Crippen LogP contribution in [0.3, 0.4) is 0 Å². The summed E-state index contributed by atoms with van der Waals surface area (Å²) in [6.07, 6.45) is -5.85. The second-order valence-corrected chi connectivity index (χ2v) is 12.1. The molecule has 1 fully saturated rings. The van der Waals surface area contributed by atoms with Crippen LogP contribution in [-0.2, 0) is 34.8 Å². The number of benzene rings is 1. The van der Waals surface area contributed by atoms with Crippen molar-refractivity contribution in [3.05, 3.63) is 23.3 Å². The maximum Gasteiger partial charge on any atom is 0.417 e. The number of esters is 1. The molecule has 0 radical (unpaired) electrons. The van der Waals surface area contributed by atoms with Crippen LogP contribution in [0, 0.1) is 0 Å². The standard InChI is InChI=1S/C32H45F3N4O9/c1-8-26(40)36-12-14-38-24-15-22(23(32(33,34)35)16-25(24)48-31(6,18-45-7)29(38)43)28(42)39(19(3)4)21-11-10-13-37(17-21)30(44)47-20(5)46-27(41)9-2/h15-16,19-21H,8-14,17-18H2,1-7H3,(H,36,40)/t20?,21-,31+/m1/s1. The first-order valence-corrected chi connectivity index (χ1v) is 16.0. The summed E-state index contributed by atoms with van der Waals surface area (Å²) in [5.74, 6) is -2.70. The van der Waals surface area contributed by atoms with Gasteiger partial charge in [-0.1, -0.05) is 13.8 Å². The summed E-state index contributed by atoms with van der Waals surface area (Å²) in [7, 11) is 1.32. The fraction of sp³-hybridized carbons (Fsp3) is 0.656. The minimum absolute atomic E-state index is 0.00634. The molecule has 0 bridgehead atoms. The van der Waals surface area contributed by atoms with Crippen molar-refractivity contribution in [1.82, 2.24) is 15.1 Å². The number of piperidine rings is 1. The van der Waals surface area contributed by atoms with Gasteiger partial charge in [0.05, 0.1) is 29.5 Å². The van der Waals surface area contributed by atoms with Crippen LogP contribution in [0.25, 0.3) is 0 Å². The van der Waals surface area contributed by atoms with Gasteiger partial charge >= 0.3 is 18.2 Å². The van der Waals surface area contributed by atoms with Gasteiger partial charge in [-0.25, -0.2) is 4.79 Å². The molecule has 268 valence electrons. The van der Waals surface area contributed by atoms with Gasteiger partial charge in [-0.15, -0.1) is 0 Å². The monoisotopic (exact) mass is 686 g/mol. The minimum atomic E-state index is -4.99. The Morgan fingerprint density at radius 2 is 1.81 bits per heavy atom. The first-order valence-electron chi connectivity index (χ1n) is 16.0. The molecule has 2 aliphatic heterocycles. The summed E-state index contributed by atoms with van der Waals surface area (Å²) in [5.41, 5.74) is -3.71. The fourth-order valence-electron chi connectivity index (χ4n) is 5.79. The normalized spacial score (nSPS) is 20.1. The molecule has 1 aromatic rings. The van der Waals surface area contributed by atoms with Crippen LogP contribution >= 0.6 is 0 Å². The van der Waals surface area contributed by atoms with Crippen LogP contribution in [0.15, 0.2) is 12.1 Å². The van der Waals surface area contributed by atoms with Crippen LogP contribution in [0.4, 0.5) is 23.7 Å². The second-order valence-electron chi connectivity index (χ2n) is 12.1. The maximum atomic E-state index is 14.7. The molecule has 0 aromatic heterocycles. The van der Waals surface area contributed by atoms with Crippen LogP contribution < -0.4 is 15.0 Å². The fourth-order valence-corrected chi connectivity index (χ4v) is 5.79. The maximum absolute atomic E-state index is 14.7. The number of anilines is 1. The van der Waals surface area contributed by atoms with Gasteiger partial charge in [0, 0.05) is 59.1 Å². The number of fused-ring (bicyclic) bond motifs is 1. The lowest BCUT2D eigenvalue weighted by Crippen LogP contribution is -2.58. The lowest BCUT2D eigenvalue weighted by Gasteiger charge is -2.42. The molecule has 2 heterocycles. The molecule has 0 spiro atoms. The van der Waals surface area contributed by atoms with Crippen LogP contribution in [0.1, 0.15) is 83.1 Å². The molecule has 13 nitrogen and oxygen atoms in total. The number of hydrogen-bond acceptors (Lipinski definition) is 9. The first kappa shape index (κ1) is 38.4. The molecule has 1 N–H and O–H groups in total. The summed E-state index contributed by atoms with van der Waals surface area (Å²) in [6, 6.07) is 0.430. The van der Waals surface area contributed by atoms with Crippen molar-refractivity contribution in [3.8, 4) is 5.75 Å². The lowest BCUT2D eigenvalue weighted by molar-refractivity contribution is -0.166. The van der Waals surface area contributed by atoms with E-state index in [1.807, 2.05) is 0 Å². The zero-order valence-electron chi connectivity index (χ0n) is 28.4. The Morgan fingerprint density at radius 1 is 1.12 bits per heavy atom. The van der Waals surface area contributed by atoms with Crippen molar-refractivity contribution in [1.29, 1.82) is 0 Å². The van der Waals surface area contributed by atoms with Gasteiger partial charge in [0.15, 0.2) is 0 Å². The predicted octanol–water partition coefficient (Wildman–Crippen LogP) is 4.11. The molecule has 48 heavy (non-hydrogen) atoms. The van der Waals surface area contributed by atoms with Crippen LogP contribution in [0.5, 0.6) is 5.75 Å². The Morgan fingerprint density at radius 3 is 2.40 bits per heavy atom. The van der Waals surface area contributed by atoms with Crippen molar-refractivity contribution in [2.75, 3.05) is 44.8 Å². The van der Waals surface area contributed by atoms with E-state index in [0.29, 0.717) is 18.9 Å². The summed E-state index contributed by atoms with van der Waals surface area (Å²) < 4.78 is 65.2. The highest BCUT2D eigenvalue weighted by atomic mass is 19.4. The van der Waals surface area contributed by atoms with Gasteiger partial charge in [-0.3, -0.25) is 19.2 Å². The highest BCUT2D eigenvalue weighted by Gasteiger charge is 2.48. The number of amides is 4. The molecular weight excluding hydrogens is 641 g/mol. The first-order chi connectivity index (χ1) is 22.5. The largest absolute Gasteiger partial charge is 0.473 e. The van der Waals surface area contributed by atoms with Gasteiger partial charge in [0.25, 0.3) is 11.8 Å². The molecule has 0 saturated carbocycles. The van der Waals surface area contributed by atoms with Crippen LogP contribution in [-0.4, -0.2) is 103 Å². The number of halogens is 3. The average Bonchev–Trinajstić information content (AvgIpc) is 3.01. The van der Waals surface area contributed by atoms with Gasteiger partial charge in [0.2, 0.25) is 17.8 Å². The third kappa shape index (κ3) is 8.88. The highest BCUT2D eigenvalue weighted by molar-refractivity contribution is 6.05. The Bertz CT molecular complexity index is 1370. The van der Waals surface area contributed by atoms with E-state index in [0.717, 1.165) is 6.07 Å². The molecular formula is C32H45F3N4O9. The van der Waals surface area contributed by atoms with Gasteiger partial charge in [-0.2, -0.15) is 13.2 Å². The quantitative estimate of drug-likeness (QED) is 0.254. The number of carbonyl (C=O) groups is 5. The Kier molecular flexibility index (Phi) is 12.7. The van der Waals surface area contributed by atoms with E-state index in [9.17, 15) is 37.1 Å². The lowest BCUT2D eigenvalue weighted by atomic mass is 9.96. The van der Waals surface area contributed by atoms with E-state index >= 15 is 0 Å². The Hall–Kier alpha value is -4.08. The number of rotatable bonds is 12. The summed E-state index contributed by atoms with van der Waals surface area (Å²) in [5, 5.41) is 2.65. The van der Waals surface area contributed by atoms with E-state index in [-0.39, 0.29) is 63.0 Å². The van der Waals surface area contributed by atoms with Crippen molar-refractivity contribution in [2.24, 2.45) is 0 Å². The summed E-state index contributed by atoms with van der Waals surface area (Å²) >= 11 is 0. The summed E-state index contributed by atoms with van der Waals surface area (Å²) in [4.78, 5) is 68.0. The number of ether oxygens (including phenoxy) is 4. The Balaban J connectivity index is 2.02. The van der Waals surface area contributed by atoms with Crippen molar-refractivity contribution < 1.29 is 56.1 Å². The number of likely N-dealkylation sites (tertiary alicyclic amines) is 1. The summed E-state index contributed by atoms with van der Waals surface area (Å²) in [6.45, 7) is 9.15. The SMILES string of the molecule is CCC(=O)NCCN1C(=O)[C@](C)(COC)Oc2cc(C(F)(F)F)c(C(=O)N(C(C)C)[C@@H]3CCCN(C(=O)OC(C)OC(=O)CC)C3)cc21. The number of alkyl halides is 3. The van der Waals surface area contributed by atoms with Gasteiger partial charge in [0.1, 0.15) is 5.75 Å². The third-order valence-electron chi connectivity index (χ3n) is 8.05. The van der Waals surface area contributed by atoms with Crippen LogP contribution in [0.2, 0.25) is 0 Å². The van der Waals surface area contributed by atoms with E-state index in [1.165, 1.54) is 35.7 Å². The third-order valence-corrected chi connectivity index (χ3v) is 8.05. The number of methoxy groups -OCH3 is 1. The zero-order chi connectivity index (χ0) is 36.0. The predicted molar refractivity (Wildman–Crippen MR) is 166 cm³/mol. The number of hydrogen-bond donors (Lipinski definition) is 1. The molecule has 3 rings (SSSR count). The second kappa shape index (κ2) is 15.9. The van der Waals surface area contributed by atoms with Crippen molar-refractivity contribution in [3.63, 3.8) is 0 Å². The Labute approximate surface area is 277 Å². The average molecular weight is 687 g/mol. The van der Waals surface area contributed by atoms with E-state index in [2.05, 4.69) is 5.32 Å². The number of nitrogens with one attached hydrogen (secondary N) is 1. The van der Waals surface area contributed by atoms with E-state index < -0.39 is 65.2 Å². The van der Waals surface area contributed by atoms with Gasteiger partial charge in [-0.05, 0) is 45.7 Å². The smallest absolute Gasteiger partial charge is 0.417 e. The molecule has 1 unspecified atom stereocenters. The molecule has 2 aliphatic rings. The topological polar surface area (TPSA) is 144 Å². The van der Waals surface area contributed by atoms with Gasteiger partial charge < -0.3 is 39.0 Å².